The lowest BCUT2D eigenvalue weighted by Crippen LogP contribution is -2.53. The molecule has 1 saturated heterocycles. The number of amides is 1. The van der Waals surface area contributed by atoms with Crippen molar-refractivity contribution in [2.24, 2.45) is 5.92 Å². The van der Waals surface area contributed by atoms with Crippen LogP contribution in [0.1, 0.15) is 29.9 Å². The van der Waals surface area contributed by atoms with Gasteiger partial charge in [0.15, 0.2) is 26.6 Å². The topological polar surface area (TPSA) is 111 Å². The lowest BCUT2D eigenvalue weighted by molar-refractivity contribution is 0.0684. The van der Waals surface area contributed by atoms with E-state index in [1.807, 2.05) is 20.8 Å². The highest BCUT2D eigenvalue weighted by atomic mass is 32.3. The molecule has 3 heterocycles. The van der Waals surface area contributed by atoms with Crippen LogP contribution in [0.3, 0.4) is 0 Å². The molecule has 1 aliphatic heterocycles. The van der Waals surface area contributed by atoms with Crippen molar-refractivity contribution in [2.45, 2.75) is 32.2 Å². The van der Waals surface area contributed by atoms with E-state index in [9.17, 15) is 18.4 Å². The second-order valence-corrected chi connectivity index (χ2v) is 10.6. The second kappa shape index (κ2) is 9.12. The predicted octanol–water partition coefficient (Wildman–Crippen LogP) is 2.12. The van der Waals surface area contributed by atoms with Crippen molar-refractivity contribution in [3.63, 3.8) is 0 Å². The summed E-state index contributed by atoms with van der Waals surface area (Å²) in [6, 6.07) is 10.1. The molecule has 1 unspecified atom stereocenters. The molecular formula is C23H27N5O4S. The molecule has 10 heteroatoms. The summed E-state index contributed by atoms with van der Waals surface area (Å²) in [6.07, 6.45) is 1.59. The van der Waals surface area contributed by atoms with E-state index in [0.717, 1.165) is 5.56 Å². The van der Waals surface area contributed by atoms with E-state index in [0.29, 0.717) is 17.7 Å². The van der Waals surface area contributed by atoms with Gasteiger partial charge in [-0.3, -0.25) is 14.2 Å². The molecule has 3 aromatic rings. The Morgan fingerprint density at radius 2 is 1.79 bits per heavy atom. The van der Waals surface area contributed by atoms with Crippen LogP contribution >= 0.6 is 0 Å². The van der Waals surface area contributed by atoms with Gasteiger partial charge in [0.25, 0.3) is 11.5 Å². The monoisotopic (exact) mass is 469 g/mol. The maximum absolute atomic E-state index is 13.2. The first kappa shape index (κ1) is 23.2. The fourth-order valence-corrected chi connectivity index (χ4v) is 5.31. The molecular weight excluding hydrogens is 442 g/mol. The largest absolute Gasteiger partial charge is 0.593 e. The molecule has 4 rings (SSSR count). The molecule has 0 radical (unpaired) electrons. The predicted molar refractivity (Wildman–Crippen MR) is 124 cm³/mol. The molecule has 1 atom stereocenters. The molecule has 1 aliphatic rings. The highest BCUT2D eigenvalue weighted by Crippen LogP contribution is 2.23. The number of carbonyl (C=O) groups is 1. The first-order valence-electron chi connectivity index (χ1n) is 10.9. The number of hydrogen-bond acceptors (Lipinski definition) is 6. The van der Waals surface area contributed by atoms with Crippen LogP contribution in [0.5, 0.6) is 0 Å². The maximum Gasteiger partial charge on any atom is 0.283 e. The van der Waals surface area contributed by atoms with Crippen LogP contribution in [0.2, 0.25) is 0 Å². The van der Waals surface area contributed by atoms with E-state index >= 15 is 0 Å². The van der Waals surface area contributed by atoms with Crippen molar-refractivity contribution < 1.29 is 13.6 Å². The van der Waals surface area contributed by atoms with Crippen molar-refractivity contribution in [2.75, 3.05) is 26.2 Å². The molecule has 0 N–H and O–H groups in total. The zero-order chi connectivity index (χ0) is 23.8. The Bertz CT molecular complexity index is 1280. The molecule has 1 aromatic carbocycles. The maximum atomic E-state index is 13.2. The van der Waals surface area contributed by atoms with Gasteiger partial charge in [-0.2, -0.15) is 0 Å². The van der Waals surface area contributed by atoms with Crippen LogP contribution in [0.15, 0.2) is 52.3 Å². The Kier molecular flexibility index (Phi) is 6.42. The quantitative estimate of drug-likeness (QED) is 0.529. The molecule has 174 valence electrons. The van der Waals surface area contributed by atoms with E-state index in [1.54, 1.807) is 42.6 Å². The number of aromatic nitrogens is 3. The minimum Gasteiger partial charge on any atom is -0.593 e. The molecule has 33 heavy (non-hydrogen) atoms. The number of piperazine rings is 1. The number of aryl methyl sites for hydroxylation is 1. The van der Waals surface area contributed by atoms with E-state index in [1.165, 1.54) is 13.8 Å². The van der Waals surface area contributed by atoms with Crippen LogP contribution < -0.4 is 5.56 Å². The van der Waals surface area contributed by atoms with Crippen LogP contribution in [0.4, 0.5) is 0 Å². The van der Waals surface area contributed by atoms with Crippen molar-refractivity contribution in [3.8, 4) is 0 Å². The first-order valence-corrected chi connectivity index (χ1v) is 12.3. The Hall–Kier alpha value is -2.95. The number of rotatable bonds is 5. The number of benzene rings is 1. The molecule has 0 spiro atoms. The van der Waals surface area contributed by atoms with Gasteiger partial charge in [-0.1, -0.05) is 35.8 Å². The molecule has 9 nitrogen and oxygen atoms in total. The number of pyridine rings is 1. The van der Waals surface area contributed by atoms with Crippen LogP contribution in [0.25, 0.3) is 11.2 Å². The standard InChI is InChI=1S/C23H27N5O4S/c1-16(2)15-28-21-19(5-4-10-24-21)25-20(23(28)30)22(29)26-11-13-27(14-12-26)33(31,32)18-8-6-17(3)7-9-18/h4-10,16H,11-15H2,1-3H3. The normalized spacial score (nSPS) is 16.8. The van der Waals surface area contributed by atoms with Crippen LogP contribution in [0, 0.1) is 12.8 Å². The Morgan fingerprint density at radius 1 is 1.12 bits per heavy atom. The highest BCUT2D eigenvalue weighted by molar-refractivity contribution is 7.95. The second-order valence-electron chi connectivity index (χ2n) is 8.63. The third-order valence-corrected chi connectivity index (χ3v) is 7.55. The van der Waals surface area contributed by atoms with E-state index in [-0.39, 0.29) is 42.7 Å². The van der Waals surface area contributed by atoms with Crippen molar-refractivity contribution in [1.29, 1.82) is 0 Å². The van der Waals surface area contributed by atoms with Crippen molar-refractivity contribution >= 4 is 27.5 Å². The Labute approximate surface area is 193 Å². The minimum absolute atomic E-state index is 0.150. The summed E-state index contributed by atoms with van der Waals surface area (Å²) < 4.78 is 28.8. The lowest BCUT2D eigenvalue weighted by Gasteiger charge is -2.35. The number of fused-ring (bicyclic) bond motifs is 1. The Balaban J connectivity index is 1.57. The zero-order valence-electron chi connectivity index (χ0n) is 18.9. The van der Waals surface area contributed by atoms with E-state index < -0.39 is 21.9 Å². The van der Waals surface area contributed by atoms with Gasteiger partial charge in [0, 0.05) is 25.8 Å². The average molecular weight is 470 g/mol. The summed E-state index contributed by atoms with van der Waals surface area (Å²) in [5.41, 5.74) is 1.26. The molecule has 1 fully saturated rings. The summed E-state index contributed by atoms with van der Waals surface area (Å²) in [6.45, 7) is 6.94. The van der Waals surface area contributed by atoms with Gasteiger partial charge in [0.05, 0.1) is 13.1 Å². The summed E-state index contributed by atoms with van der Waals surface area (Å²) in [5.74, 6) is -0.315. The molecule has 0 bridgehead atoms. The molecule has 0 saturated carbocycles. The summed E-state index contributed by atoms with van der Waals surface area (Å²) in [7, 11) is -3.64. The van der Waals surface area contributed by atoms with Gasteiger partial charge >= 0.3 is 0 Å². The van der Waals surface area contributed by atoms with Gasteiger partial charge < -0.3 is 9.45 Å². The van der Waals surface area contributed by atoms with Crippen molar-refractivity contribution in [3.05, 3.63) is 64.2 Å². The summed E-state index contributed by atoms with van der Waals surface area (Å²) >= 11 is 0. The van der Waals surface area contributed by atoms with Gasteiger partial charge in [-0.15, -0.1) is 4.31 Å². The fourth-order valence-electron chi connectivity index (χ4n) is 3.89. The highest BCUT2D eigenvalue weighted by Gasteiger charge is 2.35. The SMILES string of the molecule is Cc1ccc([S+](=O)([O-])N2CCN(C(=O)c3nc4cccnc4n(CC(C)C)c3=O)CC2)cc1. The lowest BCUT2D eigenvalue weighted by atomic mass is 10.2. The number of carbonyl (C=O) groups excluding carboxylic acids is 1. The minimum atomic E-state index is -3.64. The van der Waals surface area contributed by atoms with Crippen LogP contribution in [-0.4, -0.2) is 60.4 Å². The van der Waals surface area contributed by atoms with Crippen molar-refractivity contribution in [1.82, 2.24) is 23.7 Å². The molecule has 2 aromatic heterocycles. The summed E-state index contributed by atoms with van der Waals surface area (Å²) in [5, 5.41) is 0. The van der Waals surface area contributed by atoms with E-state index in [2.05, 4.69) is 9.97 Å². The number of hydrogen-bond donors (Lipinski definition) is 0. The van der Waals surface area contributed by atoms with Gasteiger partial charge in [-0.05, 0) is 37.1 Å². The van der Waals surface area contributed by atoms with Gasteiger partial charge in [-0.25, -0.2) is 9.97 Å². The van der Waals surface area contributed by atoms with Gasteiger partial charge in [0.2, 0.25) is 0 Å². The van der Waals surface area contributed by atoms with E-state index in [4.69, 9.17) is 0 Å². The molecule has 0 aliphatic carbocycles. The van der Waals surface area contributed by atoms with Gasteiger partial charge in [0.1, 0.15) is 5.52 Å². The molecule has 1 amide bonds. The van der Waals surface area contributed by atoms with Crippen LogP contribution in [-0.2, 0) is 21.2 Å². The third kappa shape index (κ3) is 4.59. The first-order chi connectivity index (χ1) is 15.7. The fraction of sp³-hybridized carbons (Fsp3) is 0.391. The number of nitrogens with zero attached hydrogens (tertiary/aromatic N) is 5. The zero-order valence-corrected chi connectivity index (χ0v) is 19.7. The smallest absolute Gasteiger partial charge is 0.283 e. The third-order valence-electron chi connectivity index (χ3n) is 5.64. The average Bonchev–Trinajstić information content (AvgIpc) is 2.80. The Morgan fingerprint density at radius 3 is 2.42 bits per heavy atom. The summed E-state index contributed by atoms with van der Waals surface area (Å²) in [4.78, 5) is 36.7. The number of sulfonamides is 1.